The highest BCUT2D eigenvalue weighted by atomic mass is 79.9. The molecule has 2 aliphatic rings. The number of hydrogen-bond donors (Lipinski definition) is 0. The first-order valence-corrected chi connectivity index (χ1v) is 6.94. The van der Waals surface area contributed by atoms with Crippen molar-refractivity contribution in [3.63, 3.8) is 0 Å². The molecule has 1 aromatic rings. The minimum absolute atomic E-state index is 0.210. The summed E-state index contributed by atoms with van der Waals surface area (Å²) in [6.45, 7) is 1.83. The van der Waals surface area contributed by atoms with E-state index in [1.54, 1.807) is 0 Å². The summed E-state index contributed by atoms with van der Waals surface area (Å²) in [5, 5.41) is 0. The lowest BCUT2D eigenvalue weighted by Gasteiger charge is -2.57. The molecule has 0 spiro atoms. The van der Waals surface area contributed by atoms with Gasteiger partial charge in [-0.3, -0.25) is 4.79 Å². The lowest BCUT2D eigenvalue weighted by atomic mass is 9.57. The molecule has 5 heteroatoms. The van der Waals surface area contributed by atoms with E-state index in [1.807, 2.05) is 24.3 Å². The molecule has 0 N–H and O–H groups in total. The number of ether oxygens (including phenoxy) is 3. The predicted octanol–water partition coefficient (Wildman–Crippen LogP) is 1.91. The summed E-state index contributed by atoms with van der Waals surface area (Å²) in [5.74, 6) is -0.210. The van der Waals surface area contributed by atoms with E-state index >= 15 is 0 Å². The van der Waals surface area contributed by atoms with E-state index in [-0.39, 0.29) is 11.4 Å². The maximum absolute atomic E-state index is 12.3. The Morgan fingerprint density at radius 2 is 1.84 bits per heavy atom. The molecule has 0 unspecified atom stereocenters. The molecular weight excluding hydrogens is 312 g/mol. The zero-order valence-electron chi connectivity index (χ0n) is 10.6. The fourth-order valence-electron chi connectivity index (χ4n) is 2.94. The van der Waals surface area contributed by atoms with Crippen molar-refractivity contribution in [1.82, 2.24) is 0 Å². The van der Waals surface area contributed by atoms with E-state index in [4.69, 9.17) is 14.2 Å². The van der Waals surface area contributed by atoms with Crippen LogP contribution in [0.15, 0.2) is 28.7 Å². The van der Waals surface area contributed by atoms with Gasteiger partial charge in [0.15, 0.2) is 0 Å². The van der Waals surface area contributed by atoms with Gasteiger partial charge in [0.25, 0.3) is 0 Å². The fraction of sp³-hybridized carbons (Fsp3) is 0.500. The Hall–Kier alpha value is -0.910. The number of benzene rings is 1. The van der Waals surface area contributed by atoms with Gasteiger partial charge in [0.2, 0.25) is 0 Å². The third kappa shape index (κ3) is 1.61. The van der Waals surface area contributed by atoms with Crippen molar-refractivity contribution in [1.29, 1.82) is 0 Å². The van der Waals surface area contributed by atoms with Crippen LogP contribution >= 0.6 is 15.9 Å². The summed E-state index contributed by atoms with van der Waals surface area (Å²) < 4.78 is 16.8. The van der Waals surface area contributed by atoms with Gasteiger partial charge in [-0.25, -0.2) is 0 Å². The number of esters is 1. The number of methoxy groups -OCH3 is 1. The van der Waals surface area contributed by atoms with Gasteiger partial charge in [-0.15, -0.1) is 0 Å². The fourth-order valence-corrected chi connectivity index (χ4v) is 3.60. The van der Waals surface area contributed by atoms with Gasteiger partial charge < -0.3 is 14.2 Å². The minimum atomic E-state index is -0.621. The molecule has 0 aromatic heterocycles. The molecule has 2 fully saturated rings. The lowest BCUT2D eigenvalue weighted by Crippen LogP contribution is -2.70. The summed E-state index contributed by atoms with van der Waals surface area (Å²) in [6.07, 6.45) is 0. The third-order valence-corrected chi connectivity index (χ3v) is 4.97. The summed E-state index contributed by atoms with van der Waals surface area (Å²) in [5.41, 5.74) is 0.123. The van der Waals surface area contributed by atoms with E-state index < -0.39 is 5.41 Å². The van der Waals surface area contributed by atoms with Crippen LogP contribution in [0.25, 0.3) is 0 Å². The number of carbonyl (C=O) groups excluding carboxylic acids is 1. The van der Waals surface area contributed by atoms with Crippen LogP contribution in [-0.4, -0.2) is 39.5 Å². The second-order valence-electron chi connectivity index (χ2n) is 5.12. The first kappa shape index (κ1) is 13.1. The Labute approximate surface area is 120 Å². The van der Waals surface area contributed by atoms with Crippen LogP contribution in [0.2, 0.25) is 0 Å². The Morgan fingerprint density at radius 1 is 1.21 bits per heavy atom. The quantitative estimate of drug-likeness (QED) is 0.796. The predicted molar refractivity (Wildman–Crippen MR) is 71.9 cm³/mol. The molecule has 1 aromatic carbocycles. The van der Waals surface area contributed by atoms with Crippen LogP contribution in [0.5, 0.6) is 0 Å². The van der Waals surface area contributed by atoms with E-state index in [2.05, 4.69) is 15.9 Å². The summed E-state index contributed by atoms with van der Waals surface area (Å²) in [4.78, 5) is 12.3. The molecule has 102 valence electrons. The smallest absolute Gasteiger partial charge is 0.317 e. The number of halogens is 1. The Kier molecular flexibility index (Phi) is 3.15. The summed E-state index contributed by atoms with van der Waals surface area (Å²) in [7, 11) is 1.43. The van der Waals surface area contributed by atoms with Gasteiger partial charge in [0.05, 0.1) is 39.0 Å². The van der Waals surface area contributed by atoms with Gasteiger partial charge in [0, 0.05) is 4.47 Å². The maximum Gasteiger partial charge on any atom is 0.317 e. The molecule has 19 heavy (non-hydrogen) atoms. The van der Waals surface area contributed by atoms with Crippen molar-refractivity contribution in [3.05, 3.63) is 34.3 Å². The summed E-state index contributed by atoms with van der Waals surface area (Å²) >= 11 is 3.58. The van der Waals surface area contributed by atoms with E-state index in [0.29, 0.717) is 26.4 Å². The van der Waals surface area contributed by atoms with Crippen LogP contribution in [0, 0.1) is 5.41 Å². The van der Waals surface area contributed by atoms with Gasteiger partial charge in [-0.05, 0) is 11.6 Å². The Bertz CT molecular complexity index is 506. The largest absolute Gasteiger partial charge is 0.468 e. The molecule has 0 amide bonds. The van der Waals surface area contributed by atoms with Gasteiger partial charge >= 0.3 is 5.97 Å². The van der Waals surface area contributed by atoms with Crippen molar-refractivity contribution in [3.8, 4) is 0 Å². The van der Waals surface area contributed by atoms with Crippen molar-refractivity contribution >= 4 is 21.9 Å². The van der Waals surface area contributed by atoms with Gasteiger partial charge in [-0.1, -0.05) is 34.1 Å². The van der Waals surface area contributed by atoms with Crippen molar-refractivity contribution < 1.29 is 19.0 Å². The average molecular weight is 327 g/mol. The zero-order valence-corrected chi connectivity index (χ0v) is 12.2. The molecule has 2 saturated heterocycles. The highest BCUT2D eigenvalue weighted by molar-refractivity contribution is 9.10. The first-order chi connectivity index (χ1) is 9.16. The molecule has 0 atom stereocenters. The Balaban J connectivity index is 2.09. The van der Waals surface area contributed by atoms with Crippen LogP contribution in [0.1, 0.15) is 5.56 Å². The monoisotopic (exact) mass is 326 g/mol. The number of rotatable bonds is 3. The molecule has 0 radical (unpaired) electrons. The second-order valence-corrected chi connectivity index (χ2v) is 5.98. The van der Waals surface area contributed by atoms with Crippen LogP contribution in [-0.2, 0) is 24.4 Å². The van der Waals surface area contributed by atoms with E-state index in [9.17, 15) is 4.79 Å². The van der Waals surface area contributed by atoms with Crippen LogP contribution < -0.4 is 0 Å². The minimum Gasteiger partial charge on any atom is -0.468 e. The molecule has 2 heterocycles. The molecular formula is C14H15BrO4. The van der Waals surface area contributed by atoms with Crippen LogP contribution in [0.3, 0.4) is 0 Å². The number of carbonyl (C=O) groups is 1. The van der Waals surface area contributed by atoms with Crippen molar-refractivity contribution in [2.45, 2.75) is 5.41 Å². The molecule has 0 aliphatic carbocycles. The lowest BCUT2D eigenvalue weighted by molar-refractivity contribution is -0.238. The SMILES string of the molecule is COC(=O)C1(C2(c3ccccc3Br)COC2)COC1. The van der Waals surface area contributed by atoms with Crippen molar-refractivity contribution in [2.75, 3.05) is 33.5 Å². The maximum atomic E-state index is 12.3. The summed E-state index contributed by atoms with van der Waals surface area (Å²) in [6, 6.07) is 7.96. The van der Waals surface area contributed by atoms with Gasteiger partial charge in [0.1, 0.15) is 5.41 Å². The molecule has 4 nitrogen and oxygen atoms in total. The van der Waals surface area contributed by atoms with Crippen molar-refractivity contribution in [2.24, 2.45) is 5.41 Å². The van der Waals surface area contributed by atoms with Gasteiger partial charge in [-0.2, -0.15) is 0 Å². The Morgan fingerprint density at radius 3 is 2.26 bits per heavy atom. The van der Waals surface area contributed by atoms with Crippen LogP contribution in [0.4, 0.5) is 0 Å². The standard InChI is InChI=1S/C14H15BrO4/c1-17-12(16)14(8-19-9-14)13(6-18-7-13)10-4-2-3-5-11(10)15/h2-5H,6-9H2,1H3. The highest BCUT2D eigenvalue weighted by Gasteiger charge is 2.66. The molecule has 0 saturated carbocycles. The zero-order chi connectivity index (χ0) is 13.5. The normalized spacial score (nSPS) is 23.1. The third-order valence-electron chi connectivity index (χ3n) is 4.28. The van der Waals surface area contributed by atoms with E-state index in [0.717, 1.165) is 10.0 Å². The average Bonchev–Trinajstić information content (AvgIpc) is 2.32. The highest BCUT2D eigenvalue weighted by Crippen LogP contribution is 2.53. The second kappa shape index (κ2) is 4.58. The molecule has 0 bridgehead atoms. The van der Waals surface area contributed by atoms with E-state index in [1.165, 1.54) is 7.11 Å². The molecule has 3 rings (SSSR count). The topological polar surface area (TPSA) is 44.8 Å². The number of hydrogen-bond acceptors (Lipinski definition) is 4. The first-order valence-electron chi connectivity index (χ1n) is 6.15. The molecule has 2 aliphatic heterocycles.